The van der Waals surface area contributed by atoms with Gasteiger partial charge in [-0.25, -0.2) is 0 Å². The average molecular weight is 1340 g/mol. The Balaban J connectivity index is 0.000000782. The van der Waals surface area contributed by atoms with Crippen LogP contribution < -0.4 is 34.4 Å². The number of aliphatic hydroxyl groups is 6. The molecule has 11 rings (SSSR count). The molecule has 2 radical (unpaired) electrons. The molecule has 3 heterocycles. The van der Waals surface area contributed by atoms with Gasteiger partial charge in [-0.15, -0.1) is 0 Å². The van der Waals surface area contributed by atoms with Gasteiger partial charge in [-0.2, -0.15) is 0 Å². The number of ether oxygens (including phenoxy) is 4. The van der Waals surface area contributed by atoms with E-state index in [1.165, 1.54) is 0 Å². The first-order valence-electron chi connectivity index (χ1n) is 27.4. The minimum atomic E-state index is -3.58. The smallest absolute Gasteiger partial charge is 0.399 e. The predicted octanol–water partition coefficient (Wildman–Crippen LogP) is 8.61. The van der Waals surface area contributed by atoms with E-state index in [0.717, 1.165) is 58.0 Å². The SMILES string of the molecule is O=[P+](CN(Cc1cc(Cc2ccc(OCC(O)CO)c(CN(CP3(=O)Oc4ccccc4-c4ccccc43)c3ccccc3)c2)ccc1OCC(O)CO)c1ccccc1)c1ccccc1-c1ccccc1O.OCC1CO1.OCC1CO1.[Y].[Y]. The van der Waals surface area contributed by atoms with Crippen molar-refractivity contribution in [2.45, 2.75) is 43.9 Å². The number of nitrogens with zero attached hydrogens (tertiary/aromatic N) is 2. The third-order valence-corrected chi connectivity index (χ3v) is 17.7. The topological polar surface area (TPSA) is 235 Å². The van der Waals surface area contributed by atoms with E-state index in [1.807, 2.05) is 186 Å². The van der Waals surface area contributed by atoms with Gasteiger partial charge in [0.05, 0.1) is 51.5 Å². The molecule has 20 heteroatoms. The summed E-state index contributed by atoms with van der Waals surface area (Å²) in [5.41, 5.74) is 7.95. The molecule has 6 unspecified atom stereocenters. The summed E-state index contributed by atoms with van der Waals surface area (Å²) >= 11 is 0. The molecular weight excluding hydrogens is 1270 g/mol. The average Bonchev–Trinajstić information content (AvgIpc) is 3.16. The van der Waals surface area contributed by atoms with Crippen molar-refractivity contribution in [3.8, 4) is 45.3 Å². The second kappa shape index (κ2) is 33.2. The van der Waals surface area contributed by atoms with Crippen LogP contribution in [0.3, 0.4) is 0 Å². The summed E-state index contributed by atoms with van der Waals surface area (Å²) in [5.74, 6) is 1.61. The van der Waals surface area contributed by atoms with Crippen LogP contribution in [0.4, 0.5) is 11.4 Å². The zero-order valence-electron chi connectivity index (χ0n) is 46.9. The Morgan fingerprint density at radius 1 is 0.553 bits per heavy atom. The molecule has 2 saturated heterocycles. The molecule has 7 N–H and O–H groups in total. The van der Waals surface area contributed by atoms with Crippen LogP contribution >= 0.6 is 15.2 Å². The van der Waals surface area contributed by atoms with Crippen molar-refractivity contribution >= 4 is 37.2 Å². The number of hydrogen-bond acceptors (Lipinski definition) is 16. The van der Waals surface area contributed by atoms with Gasteiger partial charge in [0.1, 0.15) is 66.9 Å². The van der Waals surface area contributed by atoms with Crippen LogP contribution in [-0.2, 0) is 104 Å². The third-order valence-electron chi connectivity index (χ3n) is 13.8. The first kappa shape index (κ1) is 67.3. The van der Waals surface area contributed by atoms with Gasteiger partial charge in [0.2, 0.25) is 6.29 Å². The fourth-order valence-electron chi connectivity index (χ4n) is 9.37. The molecule has 8 aromatic rings. The van der Waals surface area contributed by atoms with E-state index in [2.05, 4.69) is 9.47 Å². The molecule has 0 amide bonds. The van der Waals surface area contributed by atoms with Crippen molar-refractivity contribution in [2.24, 2.45) is 0 Å². The number of aromatic hydroxyl groups is 1. The Labute approximate surface area is 547 Å². The normalized spacial score (nSPS) is 16.7. The first-order valence-corrected chi connectivity index (χ1v) is 30.6. The van der Waals surface area contributed by atoms with Gasteiger partial charge in [-0.1, -0.05) is 120 Å². The quantitative estimate of drug-likeness (QED) is 0.0222. The molecule has 0 spiro atoms. The van der Waals surface area contributed by atoms with E-state index in [1.54, 1.807) is 18.2 Å². The third kappa shape index (κ3) is 18.9. The number of para-hydroxylation sites is 4. The number of aliphatic hydroxyl groups excluding tert-OH is 6. The molecular formula is C65H69N2O14P2Y2+. The molecule has 0 bridgehead atoms. The van der Waals surface area contributed by atoms with Crippen LogP contribution in [0.5, 0.6) is 23.0 Å². The van der Waals surface area contributed by atoms with Gasteiger partial charge in [0, 0.05) is 111 Å². The maximum atomic E-state index is 15.4. The molecule has 8 aromatic carbocycles. The maximum Gasteiger partial charge on any atom is 0.399 e. The standard InChI is InChI=1S/C59H56N2O10P2.2C3H6O2.2Y/c62-36-48(64)38-69-55-29-27-42(32-44(55)34-60(46-15-3-1-4-16-46)40-72(67)58-25-13-9-21-52(58)50-19-7-11-23-54(50)66)31-43-28-30-56(70-39-49(65)37-63)45(33-43)35-61(47-17-5-2-6-18-47)41-73(68)59-26-14-10-22-53(59)51-20-8-12-24-57(51)71-73;2*4-1-3-2-5-3;;/h1-30,32-33,48-49,62-65H,31,34-41H2;2*3-4H,1-2H2;;/p+1. The minimum Gasteiger partial charge on any atom is -0.507 e. The summed E-state index contributed by atoms with van der Waals surface area (Å²) in [6, 6.07) is 60.7. The van der Waals surface area contributed by atoms with Crippen molar-refractivity contribution in [3.05, 3.63) is 216 Å². The zero-order chi connectivity index (χ0) is 58.1. The van der Waals surface area contributed by atoms with E-state index in [4.69, 9.17) is 24.2 Å². The van der Waals surface area contributed by atoms with Gasteiger partial charge in [-0.05, 0) is 102 Å². The summed E-state index contributed by atoms with van der Waals surface area (Å²) in [4.78, 5) is 4.05. The van der Waals surface area contributed by atoms with Gasteiger partial charge in [0.25, 0.3) is 7.37 Å². The van der Waals surface area contributed by atoms with Crippen molar-refractivity contribution in [2.75, 3.05) is 75.2 Å². The Morgan fingerprint density at radius 2 is 1.01 bits per heavy atom. The van der Waals surface area contributed by atoms with E-state index in [9.17, 15) is 30.1 Å². The molecule has 438 valence electrons. The molecule has 0 saturated carbocycles. The molecule has 3 aliphatic rings. The summed E-state index contributed by atoms with van der Waals surface area (Å²) < 4.78 is 58.0. The van der Waals surface area contributed by atoms with Crippen LogP contribution in [0, 0.1) is 0 Å². The molecule has 0 aliphatic carbocycles. The summed E-state index contributed by atoms with van der Waals surface area (Å²) in [6.07, 6.45) is -1.24. The van der Waals surface area contributed by atoms with Gasteiger partial charge < -0.3 is 69.0 Å². The van der Waals surface area contributed by atoms with Gasteiger partial charge >= 0.3 is 7.80 Å². The van der Waals surface area contributed by atoms with E-state index < -0.39 is 40.6 Å². The Bertz CT molecular complexity index is 3440. The number of anilines is 2. The van der Waals surface area contributed by atoms with Gasteiger partial charge in [0.15, 0.2) is 5.30 Å². The summed E-state index contributed by atoms with van der Waals surface area (Å²) in [7, 11) is -5.64. The summed E-state index contributed by atoms with van der Waals surface area (Å²) in [6.45, 7) is 1.15. The number of phenolic OH excluding ortho intramolecular Hbond substituents is 1. The van der Waals surface area contributed by atoms with E-state index >= 15 is 4.57 Å². The molecule has 6 atom stereocenters. The number of epoxide rings is 2. The number of fused-ring (bicyclic) bond motifs is 3. The Kier molecular flexibility index (Phi) is 26.3. The zero-order valence-corrected chi connectivity index (χ0v) is 54.4. The van der Waals surface area contributed by atoms with E-state index in [-0.39, 0.29) is 135 Å². The predicted molar refractivity (Wildman–Crippen MR) is 322 cm³/mol. The first-order chi connectivity index (χ1) is 40.4. The van der Waals surface area contributed by atoms with Crippen molar-refractivity contribution in [1.82, 2.24) is 0 Å². The molecule has 0 aromatic heterocycles. The number of phenols is 1. The largest absolute Gasteiger partial charge is 0.507 e. The second-order valence-electron chi connectivity index (χ2n) is 20.2. The van der Waals surface area contributed by atoms with E-state index in [0.29, 0.717) is 45.4 Å². The van der Waals surface area contributed by atoms with Crippen molar-refractivity contribution < 1.29 is 134 Å². The van der Waals surface area contributed by atoms with Crippen LogP contribution in [0.25, 0.3) is 22.3 Å². The van der Waals surface area contributed by atoms with Crippen LogP contribution in [0.1, 0.15) is 22.3 Å². The fraction of sp³-hybridized carbons (Fsp3) is 0.262. The van der Waals surface area contributed by atoms with Gasteiger partial charge in [-0.3, -0.25) is 4.57 Å². The molecule has 2 fully saturated rings. The molecule has 85 heavy (non-hydrogen) atoms. The Hall–Kier alpha value is -5.22. The second-order valence-corrected chi connectivity index (χ2v) is 24.0. The Morgan fingerprint density at radius 3 is 1.53 bits per heavy atom. The monoisotopic (exact) mass is 1340 g/mol. The van der Waals surface area contributed by atoms with Crippen LogP contribution in [0.2, 0.25) is 0 Å². The van der Waals surface area contributed by atoms with Crippen molar-refractivity contribution in [1.29, 1.82) is 0 Å². The fourth-order valence-corrected chi connectivity index (χ4v) is 13.2. The minimum absolute atomic E-state index is 0. The van der Waals surface area contributed by atoms with Crippen LogP contribution in [0.15, 0.2) is 194 Å². The van der Waals surface area contributed by atoms with Crippen LogP contribution in [-0.4, -0.2) is 126 Å². The maximum absolute atomic E-state index is 15.4. The summed E-state index contributed by atoms with van der Waals surface area (Å²) in [5, 5.41) is 68.3. The number of benzene rings is 8. The molecule has 16 nitrogen and oxygen atoms in total. The van der Waals surface area contributed by atoms with Crippen molar-refractivity contribution in [3.63, 3.8) is 0 Å². The number of rotatable bonds is 24. The molecule has 3 aliphatic heterocycles. The number of hydrogen-bond donors (Lipinski definition) is 7.